The van der Waals surface area contributed by atoms with Crippen LogP contribution in [0.25, 0.3) is 0 Å². The number of allylic oxidation sites excluding steroid dienone is 2. The van der Waals surface area contributed by atoms with E-state index >= 15 is 0 Å². The molecule has 0 fully saturated rings. The van der Waals surface area contributed by atoms with Crippen LogP contribution in [0.1, 0.15) is 71.6 Å². The maximum absolute atomic E-state index is 12.7. The third kappa shape index (κ3) is 14.7. The summed E-state index contributed by atoms with van der Waals surface area (Å²) in [6.07, 6.45) is 15.0. The van der Waals surface area contributed by atoms with E-state index in [0.29, 0.717) is 0 Å². The summed E-state index contributed by atoms with van der Waals surface area (Å²) in [7, 11) is 3.08. The molecule has 0 radical (unpaired) electrons. The molecule has 30 heavy (non-hydrogen) atoms. The number of nitrogens with one attached hydrogen (secondary N) is 2. The summed E-state index contributed by atoms with van der Waals surface area (Å²) in [5.41, 5.74) is 0. The van der Waals surface area contributed by atoms with E-state index in [-0.39, 0.29) is 31.3 Å². The fourth-order valence-corrected chi connectivity index (χ4v) is 2.69. The first-order chi connectivity index (χ1) is 14.5. The summed E-state index contributed by atoms with van der Waals surface area (Å²) < 4.78 is 5.56. The quantitative estimate of drug-likeness (QED) is 0.291. The number of carbonyl (C=O) groups excluding carboxylic acids is 3. The largest absolute Gasteiger partial charge is 0.441 e. The van der Waals surface area contributed by atoms with Gasteiger partial charge in [-0.05, 0) is 31.8 Å². The van der Waals surface area contributed by atoms with E-state index in [0.717, 1.165) is 44.9 Å². The molecule has 0 saturated carbocycles. The van der Waals surface area contributed by atoms with Gasteiger partial charge in [0, 0.05) is 20.6 Å². The SMILES string of the molecule is CCCCC/C=C/CN(CC(=O)NC)C(=O)OC(/C=C/CCCCC)CC(=O)NC. The van der Waals surface area contributed by atoms with E-state index < -0.39 is 12.2 Å². The molecule has 0 bridgehead atoms. The van der Waals surface area contributed by atoms with Crippen LogP contribution in [-0.4, -0.2) is 56.1 Å². The molecule has 1 atom stereocenters. The van der Waals surface area contributed by atoms with Gasteiger partial charge < -0.3 is 15.4 Å². The number of rotatable bonds is 16. The minimum atomic E-state index is -0.667. The van der Waals surface area contributed by atoms with E-state index in [1.54, 1.807) is 13.1 Å². The molecule has 0 aliphatic heterocycles. The average Bonchev–Trinajstić information content (AvgIpc) is 2.74. The van der Waals surface area contributed by atoms with Gasteiger partial charge in [-0.25, -0.2) is 4.79 Å². The number of unbranched alkanes of at least 4 members (excludes halogenated alkanes) is 6. The van der Waals surface area contributed by atoms with Crippen molar-refractivity contribution in [1.29, 1.82) is 0 Å². The highest BCUT2D eigenvalue weighted by Gasteiger charge is 2.21. The lowest BCUT2D eigenvalue weighted by atomic mass is 10.1. The van der Waals surface area contributed by atoms with E-state index in [9.17, 15) is 14.4 Å². The standard InChI is InChI=1S/C23H41N3O4/c1-5-7-9-11-13-15-17-26(19-22(28)25-4)23(29)30-20(18-21(27)24-3)16-14-12-10-8-6-2/h13-16,20H,5-12,17-19H2,1-4H3,(H,24,27)(H,25,28)/b15-13+,16-14+. The Hall–Kier alpha value is -2.31. The normalized spacial score (nSPS) is 12.1. The van der Waals surface area contributed by atoms with Crippen LogP contribution in [-0.2, 0) is 14.3 Å². The Morgan fingerprint density at radius 1 is 0.867 bits per heavy atom. The van der Waals surface area contributed by atoms with Crippen molar-refractivity contribution in [3.05, 3.63) is 24.3 Å². The molecule has 0 saturated heterocycles. The van der Waals surface area contributed by atoms with Crippen LogP contribution < -0.4 is 10.6 Å². The molecule has 0 spiro atoms. The molecule has 0 rings (SSSR count). The average molecular weight is 424 g/mol. The molecule has 0 heterocycles. The van der Waals surface area contributed by atoms with Crippen molar-refractivity contribution >= 4 is 17.9 Å². The van der Waals surface area contributed by atoms with Gasteiger partial charge in [0.25, 0.3) is 0 Å². The molecule has 0 aromatic carbocycles. The Morgan fingerprint density at radius 2 is 1.47 bits per heavy atom. The minimum absolute atomic E-state index is 0.0488. The first-order valence-electron chi connectivity index (χ1n) is 11.2. The molecular weight excluding hydrogens is 382 g/mol. The van der Waals surface area contributed by atoms with E-state index in [2.05, 4.69) is 24.5 Å². The zero-order chi connectivity index (χ0) is 22.6. The van der Waals surface area contributed by atoms with Gasteiger partial charge in [-0.1, -0.05) is 57.8 Å². The maximum Gasteiger partial charge on any atom is 0.411 e. The second-order valence-electron chi connectivity index (χ2n) is 7.24. The lowest BCUT2D eigenvalue weighted by Gasteiger charge is -2.23. The highest BCUT2D eigenvalue weighted by Crippen LogP contribution is 2.08. The number of likely N-dealkylation sites (N-methyl/N-ethyl adjacent to an activating group) is 1. The summed E-state index contributed by atoms with van der Waals surface area (Å²) >= 11 is 0. The zero-order valence-corrected chi connectivity index (χ0v) is 19.2. The smallest absolute Gasteiger partial charge is 0.411 e. The zero-order valence-electron chi connectivity index (χ0n) is 19.2. The summed E-state index contributed by atoms with van der Waals surface area (Å²) in [6.45, 7) is 4.48. The number of ether oxygens (including phenoxy) is 1. The molecule has 3 amide bonds. The Bertz CT molecular complexity index is 547. The number of carbonyl (C=O) groups is 3. The maximum atomic E-state index is 12.7. The Kier molecular flexibility index (Phi) is 17.3. The second-order valence-corrected chi connectivity index (χ2v) is 7.24. The first-order valence-corrected chi connectivity index (χ1v) is 11.2. The number of amides is 3. The van der Waals surface area contributed by atoms with Gasteiger partial charge >= 0.3 is 6.09 Å². The van der Waals surface area contributed by atoms with Gasteiger partial charge in [-0.3, -0.25) is 14.5 Å². The van der Waals surface area contributed by atoms with Gasteiger partial charge in [-0.15, -0.1) is 0 Å². The van der Waals surface area contributed by atoms with Crippen molar-refractivity contribution in [3.63, 3.8) is 0 Å². The highest BCUT2D eigenvalue weighted by atomic mass is 16.6. The molecule has 2 N–H and O–H groups in total. The van der Waals surface area contributed by atoms with Crippen LogP contribution >= 0.6 is 0 Å². The van der Waals surface area contributed by atoms with Gasteiger partial charge in [0.2, 0.25) is 11.8 Å². The van der Waals surface area contributed by atoms with Crippen LogP contribution in [0.4, 0.5) is 4.79 Å². The van der Waals surface area contributed by atoms with E-state index in [1.165, 1.54) is 18.4 Å². The Labute approximate surface area is 182 Å². The topological polar surface area (TPSA) is 87.7 Å². The number of hydrogen-bond donors (Lipinski definition) is 2. The number of hydrogen-bond acceptors (Lipinski definition) is 4. The number of nitrogens with zero attached hydrogens (tertiary/aromatic N) is 1. The Balaban J connectivity index is 4.98. The molecule has 7 nitrogen and oxygen atoms in total. The van der Waals surface area contributed by atoms with Crippen LogP contribution in [0.2, 0.25) is 0 Å². The molecule has 1 unspecified atom stereocenters. The third-order valence-electron chi connectivity index (χ3n) is 4.58. The van der Waals surface area contributed by atoms with Gasteiger partial charge in [-0.2, -0.15) is 0 Å². The van der Waals surface area contributed by atoms with Crippen LogP contribution in [0, 0.1) is 0 Å². The lowest BCUT2D eigenvalue weighted by molar-refractivity contribution is -0.123. The summed E-state index contributed by atoms with van der Waals surface area (Å²) in [5.74, 6) is -0.482. The monoisotopic (exact) mass is 423 g/mol. The molecule has 0 aromatic rings. The molecular formula is C23H41N3O4. The predicted octanol–water partition coefficient (Wildman–Crippen LogP) is 3.95. The molecule has 0 aliphatic carbocycles. The molecule has 0 aliphatic rings. The highest BCUT2D eigenvalue weighted by molar-refractivity contribution is 5.82. The van der Waals surface area contributed by atoms with Crippen LogP contribution in [0.5, 0.6) is 0 Å². The van der Waals surface area contributed by atoms with Crippen molar-refractivity contribution < 1.29 is 19.1 Å². The van der Waals surface area contributed by atoms with Crippen LogP contribution in [0.3, 0.4) is 0 Å². The lowest BCUT2D eigenvalue weighted by Crippen LogP contribution is -2.41. The summed E-state index contributed by atoms with van der Waals surface area (Å²) in [6, 6.07) is 0. The predicted molar refractivity (Wildman–Crippen MR) is 121 cm³/mol. The fraction of sp³-hybridized carbons (Fsp3) is 0.696. The van der Waals surface area contributed by atoms with Crippen molar-refractivity contribution in [2.75, 3.05) is 27.2 Å². The minimum Gasteiger partial charge on any atom is -0.441 e. The summed E-state index contributed by atoms with van der Waals surface area (Å²) in [5, 5.41) is 5.08. The molecule has 172 valence electrons. The molecule has 0 aromatic heterocycles. The second kappa shape index (κ2) is 18.7. The van der Waals surface area contributed by atoms with Gasteiger partial charge in [0.1, 0.15) is 12.6 Å². The van der Waals surface area contributed by atoms with Crippen molar-refractivity contribution in [2.24, 2.45) is 0 Å². The van der Waals surface area contributed by atoms with Crippen molar-refractivity contribution in [3.8, 4) is 0 Å². The van der Waals surface area contributed by atoms with Gasteiger partial charge in [0.05, 0.1) is 6.42 Å². The van der Waals surface area contributed by atoms with E-state index in [4.69, 9.17) is 4.74 Å². The first kappa shape index (κ1) is 27.7. The van der Waals surface area contributed by atoms with Gasteiger partial charge in [0.15, 0.2) is 0 Å². The Morgan fingerprint density at radius 3 is 2.03 bits per heavy atom. The van der Waals surface area contributed by atoms with Crippen molar-refractivity contribution in [2.45, 2.75) is 77.7 Å². The van der Waals surface area contributed by atoms with Crippen LogP contribution in [0.15, 0.2) is 24.3 Å². The third-order valence-corrected chi connectivity index (χ3v) is 4.58. The summed E-state index contributed by atoms with van der Waals surface area (Å²) in [4.78, 5) is 37.7. The van der Waals surface area contributed by atoms with E-state index in [1.807, 2.05) is 18.2 Å². The molecule has 7 heteroatoms. The van der Waals surface area contributed by atoms with Crippen molar-refractivity contribution in [1.82, 2.24) is 15.5 Å². The fourth-order valence-electron chi connectivity index (χ4n) is 2.69.